The lowest BCUT2D eigenvalue weighted by molar-refractivity contribution is 0.283. The van der Waals surface area contributed by atoms with Crippen molar-refractivity contribution in [1.29, 1.82) is 0 Å². The molecule has 0 N–H and O–H groups in total. The Morgan fingerprint density at radius 2 is 2.44 bits per heavy atom. The predicted octanol–water partition coefficient (Wildman–Crippen LogP) is 2.77. The maximum Gasteiger partial charge on any atom is 0.121 e. The summed E-state index contributed by atoms with van der Waals surface area (Å²) in [7, 11) is 0. The van der Waals surface area contributed by atoms with Crippen molar-refractivity contribution in [3.63, 3.8) is 0 Å². The average molecular weight is 235 g/mol. The molecule has 0 amide bonds. The molecule has 1 aromatic carbocycles. The number of aryl methyl sites for hydroxylation is 1. The van der Waals surface area contributed by atoms with Crippen LogP contribution in [0.2, 0.25) is 0 Å². The lowest BCUT2D eigenvalue weighted by Gasteiger charge is -2.04. The minimum Gasteiger partial charge on any atom is -0.493 e. The fourth-order valence-corrected chi connectivity index (χ4v) is 2.46. The quantitative estimate of drug-likeness (QED) is 0.764. The molecule has 4 heteroatoms. The van der Waals surface area contributed by atoms with Gasteiger partial charge in [-0.1, -0.05) is 0 Å². The van der Waals surface area contributed by atoms with Gasteiger partial charge in [0.25, 0.3) is 0 Å². The molecule has 3 nitrogen and oxygen atoms in total. The van der Waals surface area contributed by atoms with E-state index in [4.69, 9.17) is 9.47 Å². The summed E-state index contributed by atoms with van der Waals surface area (Å²) in [5.41, 5.74) is 1.03. The lowest BCUT2D eigenvalue weighted by Crippen LogP contribution is -2.00. The van der Waals surface area contributed by atoms with E-state index in [9.17, 15) is 0 Å². The third-order valence-corrected chi connectivity index (χ3v) is 3.53. The van der Waals surface area contributed by atoms with Crippen LogP contribution in [0.1, 0.15) is 11.4 Å². The van der Waals surface area contributed by atoms with Gasteiger partial charge in [-0.2, -0.15) is 0 Å². The van der Waals surface area contributed by atoms with Crippen LogP contribution in [-0.4, -0.2) is 24.3 Å². The van der Waals surface area contributed by atoms with Crippen molar-refractivity contribution in [3.8, 4) is 5.75 Å². The molecule has 0 radical (unpaired) electrons. The number of fused-ring (bicyclic) bond motifs is 1. The summed E-state index contributed by atoms with van der Waals surface area (Å²) < 4.78 is 12.0. The molecule has 1 saturated heterocycles. The topological polar surface area (TPSA) is 34.6 Å². The summed E-state index contributed by atoms with van der Waals surface area (Å²) in [6, 6.07) is 6.09. The number of ether oxygens (including phenoxy) is 2. The summed E-state index contributed by atoms with van der Waals surface area (Å²) >= 11 is 1.71. The molecule has 2 aromatic rings. The Kier molecular flexibility index (Phi) is 2.53. The maximum atomic E-state index is 5.66. The molecular formula is C12H13NO2S. The highest BCUT2D eigenvalue weighted by atomic mass is 32.1. The van der Waals surface area contributed by atoms with Crippen LogP contribution in [0.25, 0.3) is 10.2 Å². The number of nitrogens with zero attached hydrogens (tertiary/aromatic N) is 1. The van der Waals surface area contributed by atoms with Gasteiger partial charge in [-0.25, -0.2) is 4.98 Å². The summed E-state index contributed by atoms with van der Waals surface area (Å²) in [6.45, 7) is 3.64. The van der Waals surface area contributed by atoms with E-state index in [1.54, 1.807) is 11.3 Å². The van der Waals surface area contributed by atoms with E-state index >= 15 is 0 Å². The van der Waals surface area contributed by atoms with Crippen LogP contribution in [0.4, 0.5) is 0 Å². The van der Waals surface area contributed by atoms with Crippen molar-refractivity contribution >= 4 is 21.6 Å². The summed E-state index contributed by atoms with van der Waals surface area (Å²) in [6.07, 6.45) is 1.42. The number of hydrogen-bond donors (Lipinski definition) is 0. The third kappa shape index (κ3) is 2.18. The Hall–Kier alpha value is -1.13. The van der Waals surface area contributed by atoms with Gasteiger partial charge in [0, 0.05) is 12.5 Å². The zero-order valence-electron chi connectivity index (χ0n) is 9.10. The van der Waals surface area contributed by atoms with Crippen molar-refractivity contribution < 1.29 is 9.47 Å². The Morgan fingerprint density at radius 3 is 3.25 bits per heavy atom. The molecule has 1 aliphatic rings. The van der Waals surface area contributed by atoms with Crippen LogP contribution in [0.5, 0.6) is 5.75 Å². The average Bonchev–Trinajstić information content (AvgIpc) is 2.99. The van der Waals surface area contributed by atoms with E-state index in [0.29, 0.717) is 6.10 Å². The largest absolute Gasteiger partial charge is 0.493 e. The number of thiazole rings is 1. The lowest BCUT2D eigenvalue weighted by atomic mass is 10.3. The molecule has 0 unspecified atom stereocenters. The first-order valence-corrected chi connectivity index (χ1v) is 6.24. The zero-order valence-corrected chi connectivity index (χ0v) is 9.92. The second kappa shape index (κ2) is 4.03. The standard InChI is InChI=1S/C12H13NO2S/c1-8-13-11-6-9(2-3-12(11)16-8)14-5-4-10-7-15-10/h2-3,6,10H,4-5,7H2,1H3/t10-/m0/s1. The molecule has 0 aliphatic carbocycles. The minimum atomic E-state index is 0.435. The second-order valence-corrected chi connectivity index (χ2v) is 5.19. The van der Waals surface area contributed by atoms with E-state index in [-0.39, 0.29) is 0 Å². The maximum absolute atomic E-state index is 5.66. The molecule has 0 saturated carbocycles. The number of aromatic nitrogens is 1. The van der Waals surface area contributed by atoms with Gasteiger partial charge in [0.1, 0.15) is 5.75 Å². The van der Waals surface area contributed by atoms with E-state index in [1.165, 1.54) is 4.70 Å². The SMILES string of the molecule is Cc1nc2cc(OCC[C@H]3CO3)ccc2s1. The molecule has 16 heavy (non-hydrogen) atoms. The Morgan fingerprint density at radius 1 is 1.56 bits per heavy atom. The molecule has 3 rings (SSSR count). The fourth-order valence-electron chi connectivity index (χ4n) is 1.66. The van der Waals surface area contributed by atoms with Crippen molar-refractivity contribution in [2.24, 2.45) is 0 Å². The predicted molar refractivity (Wildman–Crippen MR) is 64.2 cm³/mol. The molecule has 1 aliphatic heterocycles. The molecule has 0 bridgehead atoms. The summed E-state index contributed by atoms with van der Waals surface area (Å²) in [4.78, 5) is 4.44. The Bertz CT molecular complexity index is 505. The van der Waals surface area contributed by atoms with Gasteiger partial charge in [-0.3, -0.25) is 0 Å². The van der Waals surface area contributed by atoms with Gasteiger partial charge in [0.15, 0.2) is 0 Å². The molecule has 1 fully saturated rings. The van der Waals surface area contributed by atoms with Crippen LogP contribution >= 0.6 is 11.3 Å². The van der Waals surface area contributed by atoms with Gasteiger partial charge < -0.3 is 9.47 Å². The van der Waals surface area contributed by atoms with Gasteiger partial charge in [0.05, 0.1) is 34.5 Å². The first kappa shape index (κ1) is 10.1. The number of hydrogen-bond acceptors (Lipinski definition) is 4. The summed E-state index contributed by atoms with van der Waals surface area (Å²) in [5, 5.41) is 1.10. The van der Waals surface area contributed by atoms with Gasteiger partial charge in [0.2, 0.25) is 0 Å². The van der Waals surface area contributed by atoms with E-state index < -0.39 is 0 Å². The first-order chi connectivity index (χ1) is 7.81. The fraction of sp³-hybridized carbons (Fsp3) is 0.417. The van der Waals surface area contributed by atoms with Crippen LogP contribution in [0, 0.1) is 6.92 Å². The van der Waals surface area contributed by atoms with Crippen LogP contribution in [0.3, 0.4) is 0 Å². The molecule has 1 atom stereocenters. The third-order valence-electron chi connectivity index (χ3n) is 2.58. The van der Waals surface area contributed by atoms with Crippen LogP contribution < -0.4 is 4.74 Å². The van der Waals surface area contributed by atoms with Crippen molar-refractivity contribution in [2.75, 3.05) is 13.2 Å². The number of benzene rings is 1. The van der Waals surface area contributed by atoms with Crippen molar-refractivity contribution in [1.82, 2.24) is 4.98 Å². The van der Waals surface area contributed by atoms with Gasteiger partial charge in [-0.15, -0.1) is 11.3 Å². The van der Waals surface area contributed by atoms with Gasteiger partial charge >= 0.3 is 0 Å². The number of epoxide rings is 1. The molecule has 0 spiro atoms. The normalized spacial score (nSPS) is 18.9. The van der Waals surface area contributed by atoms with Gasteiger partial charge in [-0.05, 0) is 19.1 Å². The molecule has 84 valence electrons. The van der Waals surface area contributed by atoms with E-state index in [2.05, 4.69) is 11.1 Å². The monoisotopic (exact) mass is 235 g/mol. The zero-order chi connectivity index (χ0) is 11.0. The number of rotatable bonds is 4. The van der Waals surface area contributed by atoms with Crippen LogP contribution in [-0.2, 0) is 4.74 Å². The molecular weight excluding hydrogens is 222 g/mol. The highest BCUT2D eigenvalue weighted by molar-refractivity contribution is 7.18. The second-order valence-electron chi connectivity index (χ2n) is 3.95. The molecule has 2 heterocycles. The highest BCUT2D eigenvalue weighted by Crippen LogP contribution is 2.25. The summed E-state index contributed by atoms with van der Waals surface area (Å²) in [5.74, 6) is 0.901. The van der Waals surface area contributed by atoms with E-state index in [1.807, 2.05) is 19.1 Å². The minimum absolute atomic E-state index is 0.435. The van der Waals surface area contributed by atoms with Crippen molar-refractivity contribution in [2.45, 2.75) is 19.4 Å². The van der Waals surface area contributed by atoms with Crippen molar-refractivity contribution in [3.05, 3.63) is 23.2 Å². The Balaban J connectivity index is 1.70. The van der Waals surface area contributed by atoms with Crippen LogP contribution in [0.15, 0.2) is 18.2 Å². The molecule has 1 aromatic heterocycles. The van der Waals surface area contributed by atoms with E-state index in [0.717, 1.165) is 35.9 Å². The smallest absolute Gasteiger partial charge is 0.121 e. The highest BCUT2D eigenvalue weighted by Gasteiger charge is 2.21. The Labute approximate surface area is 98.0 Å². The first-order valence-electron chi connectivity index (χ1n) is 5.43.